The van der Waals surface area contributed by atoms with E-state index in [0.29, 0.717) is 18.4 Å². The van der Waals surface area contributed by atoms with Crippen LogP contribution in [0.25, 0.3) is 5.69 Å². The van der Waals surface area contributed by atoms with Crippen molar-refractivity contribution in [3.63, 3.8) is 0 Å². The number of amides is 1. The molecule has 0 saturated carbocycles. The van der Waals surface area contributed by atoms with E-state index in [0.717, 1.165) is 79.0 Å². The van der Waals surface area contributed by atoms with Gasteiger partial charge in [0.2, 0.25) is 0 Å². The predicted octanol–water partition coefficient (Wildman–Crippen LogP) is 4.68. The molecule has 3 aromatic rings. The summed E-state index contributed by atoms with van der Waals surface area (Å²) in [6, 6.07) is 9.80. The molecule has 1 aliphatic heterocycles. The van der Waals surface area contributed by atoms with Crippen LogP contribution in [-0.4, -0.2) is 88.6 Å². The van der Waals surface area contributed by atoms with E-state index in [2.05, 4.69) is 55.7 Å². The average Bonchev–Trinajstić information content (AvgIpc) is 3.43. The number of carbonyl (C=O) groups excluding carboxylic acids is 1. The molecule has 5 rings (SSSR count). The highest BCUT2D eigenvalue weighted by atomic mass is 32.2. The first kappa shape index (κ1) is 30.7. The number of likely N-dealkylation sites (N-methyl/N-ethyl adjacent to an activating group) is 1. The largest absolute Gasteiger partial charge is 0.487 e. The van der Waals surface area contributed by atoms with E-state index in [9.17, 15) is 4.79 Å². The van der Waals surface area contributed by atoms with Crippen LogP contribution >= 0.6 is 11.8 Å². The Labute approximate surface area is 258 Å². The zero-order chi connectivity index (χ0) is 29.9. The van der Waals surface area contributed by atoms with Crippen LogP contribution in [0.1, 0.15) is 36.1 Å². The number of hydrogen-bond acceptors (Lipinski definition) is 8. The van der Waals surface area contributed by atoms with Crippen LogP contribution < -0.4 is 10.1 Å². The number of ether oxygens (including phenoxy) is 2. The number of aryl methyl sites for hydroxylation is 1. The summed E-state index contributed by atoms with van der Waals surface area (Å²) in [4.78, 5) is 25.7. The van der Waals surface area contributed by atoms with Crippen molar-refractivity contribution >= 4 is 17.9 Å². The first-order valence-electron chi connectivity index (χ1n) is 14.9. The van der Waals surface area contributed by atoms with Gasteiger partial charge in [-0.1, -0.05) is 35.8 Å². The third-order valence-corrected chi connectivity index (χ3v) is 8.74. The highest BCUT2D eigenvalue weighted by Crippen LogP contribution is 2.32. The third-order valence-electron chi connectivity index (χ3n) is 7.55. The van der Waals surface area contributed by atoms with Crippen molar-refractivity contribution in [1.29, 1.82) is 0 Å². The summed E-state index contributed by atoms with van der Waals surface area (Å²) in [7, 11) is 2.13. The van der Waals surface area contributed by atoms with Crippen molar-refractivity contribution in [2.45, 2.75) is 43.2 Å². The van der Waals surface area contributed by atoms with Gasteiger partial charge in [-0.2, -0.15) is 0 Å². The maximum absolute atomic E-state index is 12.0. The van der Waals surface area contributed by atoms with Crippen molar-refractivity contribution in [2.24, 2.45) is 0 Å². The Balaban J connectivity index is 1.12. The van der Waals surface area contributed by atoms with E-state index in [4.69, 9.17) is 14.5 Å². The molecule has 1 unspecified atom stereocenters. The van der Waals surface area contributed by atoms with Crippen LogP contribution in [0.5, 0.6) is 5.75 Å². The molecule has 1 aliphatic carbocycles. The Morgan fingerprint density at radius 1 is 1.19 bits per heavy atom. The fraction of sp³-hybridized carbons (Fsp3) is 0.424. The van der Waals surface area contributed by atoms with E-state index in [1.54, 1.807) is 18.0 Å². The molecular formula is C33H40N6O3S. The maximum Gasteiger partial charge on any atom is 0.408 e. The lowest BCUT2D eigenvalue weighted by molar-refractivity contribution is 0.144. The van der Waals surface area contributed by atoms with Crippen LogP contribution in [-0.2, 0) is 11.3 Å². The number of alkyl carbamates (subject to hydrolysis) is 1. The highest BCUT2D eigenvalue weighted by Gasteiger charge is 2.18. The van der Waals surface area contributed by atoms with Gasteiger partial charge in [0, 0.05) is 56.3 Å². The van der Waals surface area contributed by atoms with Gasteiger partial charge in [0.15, 0.2) is 11.8 Å². The van der Waals surface area contributed by atoms with E-state index in [1.807, 2.05) is 49.6 Å². The van der Waals surface area contributed by atoms with Gasteiger partial charge in [0.25, 0.3) is 0 Å². The lowest BCUT2D eigenvalue weighted by atomic mass is 10.1. The maximum atomic E-state index is 12.0. The summed E-state index contributed by atoms with van der Waals surface area (Å²) < 4.78 is 13.6. The van der Waals surface area contributed by atoms with Crippen LogP contribution in [0.4, 0.5) is 4.79 Å². The number of thioether (sulfide) groups is 1. The minimum absolute atomic E-state index is 0.0351. The Morgan fingerprint density at radius 3 is 2.84 bits per heavy atom. The second kappa shape index (κ2) is 15.6. The Bertz CT molecular complexity index is 1440. The number of rotatable bonds is 10. The number of imidazole rings is 1. The number of benzene rings is 1. The summed E-state index contributed by atoms with van der Waals surface area (Å²) in [6.45, 7) is 7.95. The average molecular weight is 601 g/mol. The minimum Gasteiger partial charge on any atom is -0.487 e. The number of piperazine rings is 1. The molecule has 1 aromatic carbocycles. The SMILES string of the molecule is Cc1cc(OCc2cnc(SC3C=CCCC3)n2-c2cccnc2)ccc1C#CCOC(=O)NCCN1CCN(C)CC1. The Hall–Kier alpha value is -3.78. The molecule has 1 atom stereocenters. The van der Waals surface area contributed by atoms with Gasteiger partial charge in [-0.3, -0.25) is 14.5 Å². The zero-order valence-electron chi connectivity index (χ0n) is 25.0. The van der Waals surface area contributed by atoms with Crippen molar-refractivity contribution in [2.75, 3.05) is 52.9 Å². The normalized spacial score (nSPS) is 17.2. The van der Waals surface area contributed by atoms with Gasteiger partial charge in [-0.25, -0.2) is 9.78 Å². The van der Waals surface area contributed by atoms with Gasteiger partial charge in [-0.15, -0.1) is 0 Å². The summed E-state index contributed by atoms with van der Waals surface area (Å²) in [5, 5.41) is 4.17. The molecule has 2 aliphatic rings. The number of nitrogens with zero attached hydrogens (tertiary/aromatic N) is 5. The summed E-state index contributed by atoms with van der Waals surface area (Å²) in [5.41, 5.74) is 3.78. The smallest absolute Gasteiger partial charge is 0.408 e. The van der Waals surface area contributed by atoms with Crippen molar-refractivity contribution < 1.29 is 14.3 Å². The summed E-state index contributed by atoms with van der Waals surface area (Å²) in [6.07, 6.45) is 13.1. The topological polar surface area (TPSA) is 84.8 Å². The molecule has 1 fully saturated rings. The van der Waals surface area contributed by atoms with Crippen LogP contribution in [0.3, 0.4) is 0 Å². The van der Waals surface area contributed by atoms with E-state index >= 15 is 0 Å². The number of nitrogens with one attached hydrogen (secondary N) is 1. The minimum atomic E-state index is -0.439. The van der Waals surface area contributed by atoms with E-state index < -0.39 is 6.09 Å². The number of pyridine rings is 1. The number of aromatic nitrogens is 3. The Morgan fingerprint density at radius 2 is 2.07 bits per heavy atom. The quantitative estimate of drug-likeness (QED) is 0.265. The van der Waals surface area contributed by atoms with Gasteiger partial charge in [0.05, 0.1) is 23.8 Å². The Kier molecular flexibility index (Phi) is 11.1. The van der Waals surface area contributed by atoms with Gasteiger partial charge < -0.3 is 19.7 Å². The molecule has 0 spiro atoms. The molecule has 10 heteroatoms. The first-order valence-corrected chi connectivity index (χ1v) is 15.8. The molecule has 0 bridgehead atoms. The lowest BCUT2D eigenvalue weighted by Crippen LogP contribution is -2.46. The van der Waals surface area contributed by atoms with Gasteiger partial charge in [0.1, 0.15) is 12.4 Å². The zero-order valence-corrected chi connectivity index (χ0v) is 25.8. The highest BCUT2D eigenvalue weighted by molar-refractivity contribution is 7.99. The molecule has 226 valence electrons. The molecule has 43 heavy (non-hydrogen) atoms. The molecule has 3 heterocycles. The molecule has 1 saturated heterocycles. The number of carbonyl (C=O) groups is 1. The fourth-order valence-corrected chi connectivity index (χ4v) is 6.21. The molecule has 0 radical (unpaired) electrons. The van der Waals surface area contributed by atoms with Crippen LogP contribution in [0.15, 0.2) is 66.2 Å². The van der Waals surface area contributed by atoms with Crippen LogP contribution in [0.2, 0.25) is 0 Å². The standard InChI is InChI=1S/C33H40N6O3S/c1-26-22-30(13-12-27(26)8-7-21-41-33(40)35-15-16-38-19-17-37(2)18-20-38)42-25-29-24-36-32(43-31-10-4-3-5-11-31)39(29)28-9-6-14-34-23-28/h4,6,9-10,12-14,22-24,31H,3,5,11,15-21,25H2,1-2H3,(H,35,40). The molecule has 2 aromatic heterocycles. The molecule has 1 N–H and O–H groups in total. The van der Waals surface area contributed by atoms with Crippen molar-refractivity contribution in [3.8, 4) is 23.3 Å². The lowest BCUT2D eigenvalue weighted by Gasteiger charge is -2.32. The van der Waals surface area contributed by atoms with E-state index in [1.165, 1.54) is 6.42 Å². The second-order valence-electron chi connectivity index (χ2n) is 10.8. The fourth-order valence-electron chi connectivity index (χ4n) is 5.02. The molecule has 9 nitrogen and oxygen atoms in total. The van der Waals surface area contributed by atoms with Crippen molar-refractivity contribution in [1.82, 2.24) is 29.7 Å². The van der Waals surface area contributed by atoms with Crippen LogP contribution in [0, 0.1) is 18.8 Å². The number of hydrogen-bond donors (Lipinski definition) is 1. The predicted molar refractivity (Wildman–Crippen MR) is 170 cm³/mol. The third kappa shape index (κ3) is 9.10. The van der Waals surface area contributed by atoms with Gasteiger partial charge >= 0.3 is 6.09 Å². The molecule has 1 amide bonds. The molecular weight excluding hydrogens is 560 g/mol. The van der Waals surface area contributed by atoms with Crippen molar-refractivity contribution in [3.05, 3.63) is 77.9 Å². The summed E-state index contributed by atoms with van der Waals surface area (Å²) >= 11 is 1.78. The summed E-state index contributed by atoms with van der Waals surface area (Å²) in [5.74, 6) is 6.80. The second-order valence-corrected chi connectivity index (χ2v) is 12.0. The number of allylic oxidation sites excluding steroid dienone is 1. The van der Waals surface area contributed by atoms with Gasteiger partial charge in [-0.05, 0) is 69.1 Å². The first-order chi connectivity index (χ1) is 21.0. The monoisotopic (exact) mass is 600 g/mol. The van der Waals surface area contributed by atoms with E-state index in [-0.39, 0.29) is 6.61 Å².